The van der Waals surface area contributed by atoms with E-state index in [1.807, 2.05) is 31.2 Å². The van der Waals surface area contributed by atoms with E-state index in [0.717, 1.165) is 11.1 Å². The molecule has 7 heteroatoms. The quantitative estimate of drug-likeness (QED) is 0.439. The third kappa shape index (κ3) is 4.35. The predicted octanol–water partition coefficient (Wildman–Crippen LogP) is 3.00. The first-order valence-electron chi connectivity index (χ1n) is 9.60. The van der Waals surface area contributed by atoms with Crippen molar-refractivity contribution in [3.05, 3.63) is 63.3 Å². The fraction of sp³-hybridized carbons (Fsp3) is 0.364. The predicted molar refractivity (Wildman–Crippen MR) is 108 cm³/mol. The Bertz CT molecular complexity index is 1040. The highest BCUT2D eigenvalue weighted by molar-refractivity contribution is 6.26. The molecule has 29 heavy (non-hydrogen) atoms. The summed E-state index contributed by atoms with van der Waals surface area (Å²) >= 11 is 0. The molecule has 0 spiro atoms. The molecule has 1 aromatic carbocycles. The average molecular weight is 396 g/mol. The largest absolute Gasteiger partial charge is 0.511 e. The maximum atomic E-state index is 13.2. The van der Waals surface area contributed by atoms with Gasteiger partial charge < -0.3 is 9.84 Å². The van der Waals surface area contributed by atoms with Gasteiger partial charge in [-0.1, -0.05) is 23.8 Å². The Labute approximate surface area is 168 Å². The van der Waals surface area contributed by atoms with Gasteiger partial charge in [0.1, 0.15) is 22.7 Å². The first-order valence-corrected chi connectivity index (χ1v) is 9.60. The van der Waals surface area contributed by atoms with Gasteiger partial charge in [0.05, 0.1) is 0 Å². The summed E-state index contributed by atoms with van der Waals surface area (Å²) in [5.41, 5.74) is 0.742. The minimum Gasteiger partial charge on any atom is -0.511 e. The molecule has 0 radical (unpaired) electrons. The van der Waals surface area contributed by atoms with Crippen LogP contribution in [0.5, 0.6) is 0 Å². The van der Waals surface area contributed by atoms with E-state index < -0.39 is 17.1 Å². The highest BCUT2D eigenvalue weighted by Crippen LogP contribution is 2.23. The molecule has 0 saturated carbocycles. The third-order valence-corrected chi connectivity index (χ3v) is 4.91. The van der Waals surface area contributed by atoms with Crippen molar-refractivity contribution in [2.24, 2.45) is 0 Å². The Kier molecular flexibility index (Phi) is 6.39. The first-order chi connectivity index (χ1) is 13.9. The lowest BCUT2D eigenvalue weighted by Crippen LogP contribution is -2.31. The molecule has 1 N–H and O–H groups in total. The average Bonchev–Trinajstić information content (AvgIpc) is 2.69. The summed E-state index contributed by atoms with van der Waals surface area (Å²) in [7, 11) is 1.58. The van der Waals surface area contributed by atoms with Crippen LogP contribution < -0.4 is 5.56 Å². The van der Waals surface area contributed by atoms with Crippen LogP contribution in [0.2, 0.25) is 0 Å². The highest BCUT2D eigenvalue weighted by Gasteiger charge is 2.30. The molecule has 0 saturated heterocycles. The monoisotopic (exact) mass is 396 g/mol. The van der Waals surface area contributed by atoms with E-state index in [1.54, 1.807) is 7.11 Å². The normalized spacial score (nSPS) is 14.3. The Morgan fingerprint density at radius 3 is 2.76 bits per heavy atom. The Morgan fingerprint density at radius 2 is 2.07 bits per heavy atom. The number of benzene rings is 1. The van der Waals surface area contributed by atoms with Gasteiger partial charge in [-0.25, -0.2) is 4.98 Å². The Hall–Kier alpha value is -3.06. The zero-order chi connectivity index (χ0) is 21.0. The number of carbonyl (C=O) groups excluding carboxylic acids is 2. The number of allylic oxidation sites excluding steroid dienone is 2. The summed E-state index contributed by atoms with van der Waals surface area (Å²) in [6.07, 6.45) is 2.69. The van der Waals surface area contributed by atoms with E-state index in [2.05, 4.69) is 4.98 Å². The van der Waals surface area contributed by atoms with E-state index in [4.69, 9.17) is 4.74 Å². The number of Topliss-reactive ketones (excluding diaryl/α,β-unsaturated/α-hetero) is 2. The molecule has 1 aromatic heterocycles. The number of aryl methyl sites for hydroxylation is 1. The van der Waals surface area contributed by atoms with Crippen LogP contribution in [0.4, 0.5) is 0 Å². The number of ether oxygens (including phenoxy) is 1. The first kappa shape index (κ1) is 20.7. The maximum Gasteiger partial charge on any atom is 0.265 e. The zero-order valence-electron chi connectivity index (χ0n) is 16.6. The van der Waals surface area contributed by atoms with Crippen LogP contribution >= 0.6 is 0 Å². The van der Waals surface area contributed by atoms with Crippen LogP contribution in [0.15, 0.2) is 46.6 Å². The standard InChI is InChI=1S/C22H24N2O5/c1-14-6-3-7-15(12-14)21-23-13-16(22(28)24(21)10-5-11-29-2)20(27)19-17(25)8-4-9-18(19)26/h3,6-7,12-13,25H,4-5,8-11H2,1-2H3. The number of aromatic nitrogens is 2. The number of carbonyl (C=O) groups is 2. The van der Waals surface area contributed by atoms with Crippen LogP contribution in [0.1, 0.15) is 41.6 Å². The number of rotatable bonds is 7. The lowest BCUT2D eigenvalue weighted by molar-refractivity contribution is -0.116. The van der Waals surface area contributed by atoms with Crippen molar-refractivity contribution in [1.29, 1.82) is 0 Å². The van der Waals surface area contributed by atoms with Crippen molar-refractivity contribution < 1.29 is 19.4 Å². The van der Waals surface area contributed by atoms with Gasteiger partial charge in [0.15, 0.2) is 5.78 Å². The summed E-state index contributed by atoms with van der Waals surface area (Å²) in [4.78, 5) is 42.6. The molecule has 0 aliphatic heterocycles. The van der Waals surface area contributed by atoms with Gasteiger partial charge in [-0.2, -0.15) is 0 Å². The van der Waals surface area contributed by atoms with Gasteiger partial charge in [-0.05, 0) is 25.8 Å². The van der Waals surface area contributed by atoms with Gasteiger partial charge in [0.25, 0.3) is 5.56 Å². The number of aliphatic hydroxyl groups excluding tert-OH is 1. The molecule has 152 valence electrons. The zero-order valence-corrected chi connectivity index (χ0v) is 16.6. The van der Waals surface area contributed by atoms with E-state index >= 15 is 0 Å². The third-order valence-electron chi connectivity index (χ3n) is 4.91. The van der Waals surface area contributed by atoms with Crippen molar-refractivity contribution in [3.8, 4) is 11.4 Å². The molecule has 1 heterocycles. The van der Waals surface area contributed by atoms with Crippen molar-refractivity contribution in [3.63, 3.8) is 0 Å². The molecule has 0 unspecified atom stereocenters. The van der Waals surface area contributed by atoms with E-state index in [-0.39, 0.29) is 29.7 Å². The van der Waals surface area contributed by atoms with Crippen LogP contribution in [0, 0.1) is 6.92 Å². The maximum absolute atomic E-state index is 13.2. The molecule has 2 aromatic rings. The molecular weight excluding hydrogens is 372 g/mol. The fourth-order valence-corrected chi connectivity index (χ4v) is 3.46. The summed E-state index contributed by atoms with van der Waals surface area (Å²) in [6.45, 7) is 2.70. The van der Waals surface area contributed by atoms with Gasteiger partial charge in [-0.3, -0.25) is 19.0 Å². The van der Waals surface area contributed by atoms with Crippen LogP contribution in [-0.4, -0.2) is 39.9 Å². The second kappa shape index (κ2) is 8.96. The molecule has 0 fully saturated rings. The van der Waals surface area contributed by atoms with E-state index in [9.17, 15) is 19.5 Å². The molecular formula is C22H24N2O5. The number of aliphatic hydroxyl groups is 1. The SMILES string of the molecule is COCCCn1c(-c2cccc(C)c2)ncc(C(=O)C2=C(O)CCCC2=O)c1=O. The molecule has 7 nitrogen and oxygen atoms in total. The van der Waals surface area contributed by atoms with Crippen molar-refractivity contribution in [2.75, 3.05) is 13.7 Å². The van der Waals surface area contributed by atoms with Gasteiger partial charge in [-0.15, -0.1) is 0 Å². The summed E-state index contributed by atoms with van der Waals surface area (Å²) in [5, 5.41) is 10.1. The molecule has 3 rings (SSSR count). The lowest BCUT2D eigenvalue weighted by Gasteiger charge is -2.16. The Morgan fingerprint density at radius 1 is 1.28 bits per heavy atom. The van der Waals surface area contributed by atoms with Gasteiger partial charge >= 0.3 is 0 Å². The summed E-state index contributed by atoms with van der Waals surface area (Å²) in [6, 6.07) is 7.58. The fourth-order valence-electron chi connectivity index (χ4n) is 3.46. The molecule has 0 amide bonds. The van der Waals surface area contributed by atoms with Crippen LogP contribution in [0.3, 0.4) is 0 Å². The number of hydrogen-bond donors (Lipinski definition) is 1. The van der Waals surface area contributed by atoms with Crippen molar-refractivity contribution >= 4 is 11.6 Å². The minimum absolute atomic E-state index is 0.183. The molecule has 1 aliphatic rings. The Balaban J connectivity index is 2.11. The summed E-state index contributed by atoms with van der Waals surface area (Å²) in [5.74, 6) is -1.01. The van der Waals surface area contributed by atoms with Crippen molar-refractivity contribution in [2.45, 2.75) is 39.2 Å². The van der Waals surface area contributed by atoms with Gasteiger partial charge in [0.2, 0.25) is 5.78 Å². The number of ketones is 2. The van der Waals surface area contributed by atoms with Crippen LogP contribution in [-0.2, 0) is 16.1 Å². The second-order valence-electron chi connectivity index (χ2n) is 7.10. The highest BCUT2D eigenvalue weighted by atomic mass is 16.5. The number of methoxy groups -OCH3 is 1. The van der Waals surface area contributed by atoms with Crippen LogP contribution in [0.25, 0.3) is 11.4 Å². The number of hydrogen-bond acceptors (Lipinski definition) is 6. The molecule has 1 aliphatic carbocycles. The van der Waals surface area contributed by atoms with Gasteiger partial charge in [0, 0.05) is 44.9 Å². The van der Waals surface area contributed by atoms with Crippen molar-refractivity contribution in [1.82, 2.24) is 9.55 Å². The lowest BCUT2D eigenvalue weighted by atomic mass is 9.91. The van der Waals surface area contributed by atoms with E-state index in [0.29, 0.717) is 31.8 Å². The summed E-state index contributed by atoms with van der Waals surface area (Å²) < 4.78 is 6.52. The topological polar surface area (TPSA) is 98.5 Å². The molecule has 0 bridgehead atoms. The molecule has 0 atom stereocenters. The second-order valence-corrected chi connectivity index (χ2v) is 7.10. The van der Waals surface area contributed by atoms with E-state index in [1.165, 1.54) is 10.8 Å². The minimum atomic E-state index is -0.763. The number of nitrogens with zero attached hydrogens (tertiary/aromatic N) is 2. The smallest absolute Gasteiger partial charge is 0.265 e.